The minimum atomic E-state index is -0.126. The lowest BCUT2D eigenvalue weighted by atomic mass is 10.3. The van der Waals surface area contributed by atoms with Gasteiger partial charge in [-0.05, 0) is 33.0 Å². The van der Waals surface area contributed by atoms with Crippen LogP contribution in [0.15, 0.2) is 18.5 Å². The molecule has 7 heteroatoms. The number of aryl methyl sites for hydroxylation is 1. The highest BCUT2D eigenvalue weighted by Gasteiger charge is 2.13. The summed E-state index contributed by atoms with van der Waals surface area (Å²) in [5.41, 5.74) is 1.98. The summed E-state index contributed by atoms with van der Waals surface area (Å²) < 4.78 is 1.61. The normalized spacial score (nSPS) is 10.2. The standard InChI is InChI=1S/C12H17N5O.ClH/c1-9-4-7-17-11(16-9)10(8-15-17)12(18)14-6-3-5-13-2;/h4,7-8,13H,3,5-6H2,1-2H3,(H,14,18);1H. The molecule has 0 saturated heterocycles. The lowest BCUT2D eigenvalue weighted by Gasteiger charge is -2.03. The smallest absolute Gasteiger partial charge is 0.256 e. The molecule has 0 bridgehead atoms. The molecule has 2 heterocycles. The molecule has 0 aromatic carbocycles. The van der Waals surface area contributed by atoms with Crippen LogP contribution >= 0.6 is 12.4 Å². The van der Waals surface area contributed by atoms with E-state index in [0.717, 1.165) is 18.7 Å². The number of fused-ring (bicyclic) bond motifs is 1. The van der Waals surface area contributed by atoms with E-state index in [0.29, 0.717) is 17.8 Å². The van der Waals surface area contributed by atoms with Gasteiger partial charge in [-0.25, -0.2) is 9.50 Å². The molecule has 2 N–H and O–H groups in total. The Kier molecular flexibility index (Phi) is 5.72. The molecule has 0 saturated carbocycles. The van der Waals surface area contributed by atoms with Gasteiger partial charge in [0.2, 0.25) is 0 Å². The van der Waals surface area contributed by atoms with Crippen molar-refractivity contribution in [2.24, 2.45) is 0 Å². The average Bonchev–Trinajstić information content (AvgIpc) is 2.77. The highest BCUT2D eigenvalue weighted by molar-refractivity contribution is 5.99. The molecule has 0 spiro atoms. The molecule has 6 nitrogen and oxygen atoms in total. The second-order valence-corrected chi connectivity index (χ2v) is 4.11. The lowest BCUT2D eigenvalue weighted by molar-refractivity contribution is 0.0954. The fourth-order valence-corrected chi connectivity index (χ4v) is 1.68. The van der Waals surface area contributed by atoms with Crippen LogP contribution in [0.2, 0.25) is 0 Å². The van der Waals surface area contributed by atoms with E-state index in [1.165, 1.54) is 0 Å². The molecule has 104 valence electrons. The highest BCUT2D eigenvalue weighted by atomic mass is 35.5. The predicted molar refractivity (Wildman–Crippen MR) is 75.8 cm³/mol. The summed E-state index contributed by atoms with van der Waals surface area (Å²) in [5.74, 6) is -0.126. The molecule has 19 heavy (non-hydrogen) atoms. The summed E-state index contributed by atoms with van der Waals surface area (Å²) in [6, 6.07) is 1.86. The van der Waals surface area contributed by atoms with Gasteiger partial charge in [-0.3, -0.25) is 4.79 Å². The zero-order chi connectivity index (χ0) is 13.0. The van der Waals surface area contributed by atoms with Crippen LogP contribution in [-0.4, -0.2) is 40.6 Å². The van der Waals surface area contributed by atoms with Gasteiger partial charge in [0, 0.05) is 18.4 Å². The van der Waals surface area contributed by atoms with Crippen molar-refractivity contribution in [2.75, 3.05) is 20.1 Å². The van der Waals surface area contributed by atoms with Crippen molar-refractivity contribution in [1.29, 1.82) is 0 Å². The van der Waals surface area contributed by atoms with Crippen LogP contribution in [-0.2, 0) is 0 Å². The third-order valence-corrected chi connectivity index (χ3v) is 2.64. The van der Waals surface area contributed by atoms with Gasteiger partial charge in [-0.15, -0.1) is 12.4 Å². The molecule has 2 rings (SSSR count). The first-order valence-corrected chi connectivity index (χ1v) is 5.96. The average molecular weight is 284 g/mol. The Morgan fingerprint density at radius 1 is 1.42 bits per heavy atom. The number of halogens is 1. The highest BCUT2D eigenvalue weighted by Crippen LogP contribution is 2.08. The predicted octanol–water partition coefficient (Wildman–Crippen LogP) is 0.799. The number of hydrogen-bond donors (Lipinski definition) is 2. The first-order chi connectivity index (χ1) is 8.72. The summed E-state index contributed by atoms with van der Waals surface area (Å²) in [6.45, 7) is 3.41. The van der Waals surface area contributed by atoms with Gasteiger partial charge in [0.15, 0.2) is 5.65 Å². The van der Waals surface area contributed by atoms with E-state index in [9.17, 15) is 4.79 Å². The van der Waals surface area contributed by atoms with Gasteiger partial charge in [-0.2, -0.15) is 5.10 Å². The van der Waals surface area contributed by atoms with Crippen LogP contribution in [0.25, 0.3) is 5.65 Å². The van der Waals surface area contributed by atoms with Crippen molar-refractivity contribution < 1.29 is 4.79 Å². The molecule has 1 amide bonds. The van der Waals surface area contributed by atoms with E-state index in [1.54, 1.807) is 16.9 Å². The minimum absolute atomic E-state index is 0. The van der Waals surface area contributed by atoms with Gasteiger partial charge in [0.25, 0.3) is 5.91 Å². The zero-order valence-corrected chi connectivity index (χ0v) is 11.8. The molecule has 0 aliphatic rings. The summed E-state index contributed by atoms with van der Waals surface area (Å²) in [7, 11) is 1.89. The molecular formula is C12H18ClN5O. The van der Waals surface area contributed by atoms with E-state index in [4.69, 9.17) is 0 Å². The van der Waals surface area contributed by atoms with E-state index >= 15 is 0 Å². The van der Waals surface area contributed by atoms with Crippen LogP contribution in [0.4, 0.5) is 0 Å². The van der Waals surface area contributed by atoms with E-state index in [-0.39, 0.29) is 18.3 Å². The topological polar surface area (TPSA) is 71.3 Å². The van der Waals surface area contributed by atoms with Gasteiger partial charge >= 0.3 is 0 Å². The van der Waals surface area contributed by atoms with E-state index in [2.05, 4.69) is 20.7 Å². The Bertz CT molecular complexity index is 554. The monoisotopic (exact) mass is 283 g/mol. The third-order valence-electron chi connectivity index (χ3n) is 2.64. The maximum atomic E-state index is 12.0. The summed E-state index contributed by atoms with van der Waals surface area (Å²) in [5, 5.41) is 10.00. The van der Waals surface area contributed by atoms with Gasteiger partial charge < -0.3 is 10.6 Å². The second-order valence-electron chi connectivity index (χ2n) is 4.11. The van der Waals surface area contributed by atoms with E-state index < -0.39 is 0 Å². The number of rotatable bonds is 5. The first kappa shape index (κ1) is 15.4. The minimum Gasteiger partial charge on any atom is -0.352 e. The maximum absolute atomic E-state index is 12.0. The fraction of sp³-hybridized carbons (Fsp3) is 0.417. The molecule has 0 fully saturated rings. The molecule has 2 aromatic rings. The first-order valence-electron chi connectivity index (χ1n) is 5.96. The second kappa shape index (κ2) is 7.06. The van der Waals surface area contributed by atoms with Crippen molar-refractivity contribution in [3.63, 3.8) is 0 Å². The Balaban J connectivity index is 0.00000180. The van der Waals surface area contributed by atoms with Crippen LogP contribution in [0, 0.1) is 6.92 Å². The molecule has 0 atom stereocenters. The number of aromatic nitrogens is 3. The molecule has 0 aliphatic heterocycles. The zero-order valence-electron chi connectivity index (χ0n) is 11.0. The molecule has 0 aliphatic carbocycles. The van der Waals surface area contributed by atoms with Gasteiger partial charge in [-0.1, -0.05) is 0 Å². The number of carbonyl (C=O) groups excluding carboxylic acids is 1. The third kappa shape index (κ3) is 3.65. The number of nitrogens with zero attached hydrogens (tertiary/aromatic N) is 3. The quantitative estimate of drug-likeness (QED) is 0.796. The number of amides is 1. The van der Waals surface area contributed by atoms with Crippen molar-refractivity contribution in [3.05, 3.63) is 29.7 Å². The van der Waals surface area contributed by atoms with Crippen molar-refractivity contribution in [1.82, 2.24) is 25.2 Å². The summed E-state index contributed by atoms with van der Waals surface area (Å²) in [6.07, 6.45) is 4.25. The van der Waals surface area contributed by atoms with Gasteiger partial charge in [0.1, 0.15) is 5.56 Å². The summed E-state index contributed by atoms with van der Waals surface area (Å²) >= 11 is 0. The van der Waals surface area contributed by atoms with Crippen LogP contribution in [0.3, 0.4) is 0 Å². The number of nitrogens with one attached hydrogen (secondary N) is 2. The van der Waals surface area contributed by atoms with Gasteiger partial charge in [0.05, 0.1) is 6.20 Å². The Labute approximate surface area is 118 Å². The van der Waals surface area contributed by atoms with Crippen LogP contribution in [0.1, 0.15) is 22.5 Å². The maximum Gasteiger partial charge on any atom is 0.256 e. The Hall–Kier alpha value is -1.66. The lowest BCUT2D eigenvalue weighted by Crippen LogP contribution is -2.26. The largest absolute Gasteiger partial charge is 0.352 e. The molecule has 0 unspecified atom stereocenters. The van der Waals surface area contributed by atoms with Crippen molar-refractivity contribution in [3.8, 4) is 0 Å². The van der Waals surface area contributed by atoms with Crippen molar-refractivity contribution >= 4 is 24.0 Å². The Morgan fingerprint density at radius 2 is 2.21 bits per heavy atom. The van der Waals surface area contributed by atoms with Crippen LogP contribution < -0.4 is 10.6 Å². The number of hydrogen-bond acceptors (Lipinski definition) is 4. The fourth-order valence-electron chi connectivity index (χ4n) is 1.68. The molecular weight excluding hydrogens is 266 g/mol. The summed E-state index contributed by atoms with van der Waals surface area (Å²) in [4.78, 5) is 16.3. The SMILES string of the molecule is CNCCCNC(=O)c1cnn2ccc(C)nc12.Cl. The molecule has 2 aromatic heterocycles. The van der Waals surface area contributed by atoms with Crippen LogP contribution in [0.5, 0.6) is 0 Å². The Morgan fingerprint density at radius 3 is 2.95 bits per heavy atom. The number of carbonyl (C=O) groups is 1. The molecule has 0 radical (unpaired) electrons. The van der Waals surface area contributed by atoms with E-state index in [1.807, 2.05) is 20.0 Å². The van der Waals surface area contributed by atoms with Crippen molar-refractivity contribution in [2.45, 2.75) is 13.3 Å².